The van der Waals surface area contributed by atoms with Crippen LogP contribution < -0.4 is 11.2 Å². The molecule has 0 aliphatic carbocycles. The monoisotopic (exact) mass is 335 g/mol. The number of imidazole rings is 1. The lowest BCUT2D eigenvalue weighted by Crippen LogP contribution is -2.30. The molecule has 1 N–H and O–H groups in total. The number of nitrogens with zero attached hydrogens (tertiary/aromatic N) is 4. The number of H-pyrrole nitrogens is 1. The molecule has 0 radical (unpaired) electrons. The molecule has 0 saturated carbocycles. The van der Waals surface area contributed by atoms with Crippen molar-refractivity contribution in [2.24, 2.45) is 7.05 Å². The Labute approximate surface area is 140 Å². The molecule has 2 aromatic rings. The molecule has 2 rings (SSSR count). The summed E-state index contributed by atoms with van der Waals surface area (Å²) in [6, 6.07) is 0. The van der Waals surface area contributed by atoms with Crippen molar-refractivity contribution in [1.82, 2.24) is 24.0 Å². The number of hydrogen-bond acceptors (Lipinski definition) is 5. The number of fused-ring (bicyclic) bond motifs is 1. The molecule has 0 atom stereocenters. The maximum absolute atomic E-state index is 12.2. The Bertz CT molecular complexity index is 840. The summed E-state index contributed by atoms with van der Waals surface area (Å²) in [5.41, 5.74) is -0.431. The lowest BCUT2D eigenvalue weighted by molar-refractivity contribution is -0.117. The van der Waals surface area contributed by atoms with E-state index in [0.29, 0.717) is 18.0 Å². The van der Waals surface area contributed by atoms with E-state index in [4.69, 9.17) is 0 Å². The van der Waals surface area contributed by atoms with Gasteiger partial charge in [0.2, 0.25) is 0 Å². The molecular weight excluding hydrogens is 310 g/mol. The minimum Gasteiger partial charge on any atom is -0.314 e. The van der Waals surface area contributed by atoms with Crippen molar-refractivity contribution in [2.75, 3.05) is 13.1 Å². The second kappa shape index (κ2) is 7.57. The van der Waals surface area contributed by atoms with E-state index in [-0.39, 0.29) is 17.8 Å². The van der Waals surface area contributed by atoms with Gasteiger partial charge >= 0.3 is 5.69 Å². The number of hydrogen-bond donors (Lipinski definition) is 1. The van der Waals surface area contributed by atoms with E-state index >= 15 is 0 Å². The first-order valence-corrected chi connectivity index (χ1v) is 8.29. The quantitative estimate of drug-likeness (QED) is 0.764. The molecule has 8 heteroatoms. The fraction of sp³-hybridized carbons (Fsp3) is 0.625. The van der Waals surface area contributed by atoms with Crippen molar-refractivity contribution in [3.63, 3.8) is 0 Å². The fourth-order valence-corrected chi connectivity index (χ4v) is 2.90. The van der Waals surface area contributed by atoms with Crippen LogP contribution in [0.15, 0.2) is 9.59 Å². The summed E-state index contributed by atoms with van der Waals surface area (Å²) >= 11 is 0. The third-order valence-electron chi connectivity index (χ3n) is 3.91. The van der Waals surface area contributed by atoms with E-state index in [0.717, 1.165) is 25.9 Å². The summed E-state index contributed by atoms with van der Waals surface area (Å²) in [6.45, 7) is 8.11. The number of ketones is 1. The van der Waals surface area contributed by atoms with Gasteiger partial charge < -0.3 is 4.57 Å². The predicted octanol–water partition coefficient (Wildman–Crippen LogP) is 0.634. The summed E-state index contributed by atoms with van der Waals surface area (Å²) in [7, 11) is 1.56. The first kappa shape index (κ1) is 18.1. The van der Waals surface area contributed by atoms with Crippen LogP contribution in [0.3, 0.4) is 0 Å². The van der Waals surface area contributed by atoms with Crippen LogP contribution in [-0.4, -0.2) is 42.9 Å². The van der Waals surface area contributed by atoms with Gasteiger partial charge in [-0.1, -0.05) is 13.8 Å². The molecule has 0 bridgehead atoms. The van der Waals surface area contributed by atoms with Crippen LogP contribution in [0.1, 0.15) is 39.4 Å². The first-order chi connectivity index (χ1) is 11.4. The Morgan fingerprint density at radius 1 is 1.21 bits per heavy atom. The molecule has 0 aliphatic rings. The van der Waals surface area contributed by atoms with E-state index < -0.39 is 11.2 Å². The molecule has 24 heavy (non-hydrogen) atoms. The standard InChI is InChI=1S/C16H25N5O3/c1-5-7-20(8-6-2)10-12-17-14-13(21(12)9-11(3)22)15(23)18-16(24)19(14)4/h5-10H2,1-4H3,(H,18,23,24). The van der Waals surface area contributed by atoms with E-state index in [2.05, 4.69) is 28.7 Å². The van der Waals surface area contributed by atoms with Gasteiger partial charge in [0.25, 0.3) is 5.56 Å². The van der Waals surface area contributed by atoms with Crippen molar-refractivity contribution >= 4 is 16.9 Å². The fourth-order valence-electron chi connectivity index (χ4n) is 2.90. The highest BCUT2D eigenvalue weighted by molar-refractivity contribution is 5.79. The minimum atomic E-state index is -0.509. The first-order valence-electron chi connectivity index (χ1n) is 8.29. The summed E-state index contributed by atoms with van der Waals surface area (Å²) < 4.78 is 2.94. The molecule has 2 heterocycles. The minimum absolute atomic E-state index is 0.0682. The van der Waals surface area contributed by atoms with Gasteiger partial charge in [0.15, 0.2) is 11.2 Å². The summed E-state index contributed by atoms with van der Waals surface area (Å²) in [6.07, 6.45) is 2.01. The second-order valence-corrected chi connectivity index (χ2v) is 6.08. The highest BCUT2D eigenvalue weighted by Crippen LogP contribution is 2.13. The Balaban J connectivity index is 2.61. The average Bonchev–Trinajstić information content (AvgIpc) is 2.84. The maximum Gasteiger partial charge on any atom is 0.329 e. The third kappa shape index (κ3) is 3.64. The number of aromatic nitrogens is 4. The number of nitrogens with one attached hydrogen (secondary N) is 1. The number of carbonyl (C=O) groups excluding carboxylic acids is 1. The van der Waals surface area contributed by atoms with Crippen LogP contribution in [0.25, 0.3) is 11.2 Å². The summed E-state index contributed by atoms with van der Waals surface area (Å²) in [4.78, 5) is 44.7. The summed E-state index contributed by atoms with van der Waals surface area (Å²) in [5, 5.41) is 0. The average molecular weight is 335 g/mol. The van der Waals surface area contributed by atoms with Crippen molar-refractivity contribution in [3.8, 4) is 0 Å². The van der Waals surface area contributed by atoms with Gasteiger partial charge in [0.05, 0.1) is 13.1 Å². The number of rotatable bonds is 8. The van der Waals surface area contributed by atoms with Gasteiger partial charge in [-0.25, -0.2) is 9.78 Å². The molecule has 2 aromatic heterocycles. The Hall–Kier alpha value is -2.22. The van der Waals surface area contributed by atoms with Gasteiger partial charge in [0.1, 0.15) is 11.6 Å². The normalized spacial score (nSPS) is 11.5. The van der Waals surface area contributed by atoms with Crippen molar-refractivity contribution in [3.05, 3.63) is 26.7 Å². The number of aryl methyl sites for hydroxylation is 1. The van der Waals surface area contributed by atoms with Crippen LogP contribution in [0.4, 0.5) is 0 Å². The molecule has 0 unspecified atom stereocenters. The predicted molar refractivity (Wildman–Crippen MR) is 92.1 cm³/mol. The van der Waals surface area contributed by atoms with Crippen LogP contribution in [0, 0.1) is 0 Å². The van der Waals surface area contributed by atoms with Crippen LogP contribution >= 0.6 is 0 Å². The van der Waals surface area contributed by atoms with E-state index in [9.17, 15) is 14.4 Å². The lowest BCUT2D eigenvalue weighted by Gasteiger charge is -2.20. The smallest absolute Gasteiger partial charge is 0.314 e. The van der Waals surface area contributed by atoms with Crippen LogP contribution in [0.2, 0.25) is 0 Å². The lowest BCUT2D eigenvalue weighted by atomic mass is 10.3. The number of aromatic amines is 1. The SMILES string of the molecule is CCCN(CCC)Cc1nc2c(c(=O)[nH]c(=O)n2C)n1CC(C)=O. The molecular formula is C16H25N5O3. The largest absolute Gasteiger partial charge is 0.329 e. The van der Waals surface area contributed by atoms with Crippen LogP contribution in [0.5, 0.6) is 0 Å². The van der Waals surface area contributed by atoms with Gasteiger partial charge in [-0.3, -0.25) is 24.0 Å². The molecule has 0 saturated heterocycles. The third-order valence-corrected chi connectivity index (χ3v) is 3.91. The topological polar surface area (TPSA) is 93.0 Å². The van der Waals surface area contributed by atoms with Gasteiger partial charge in [-0.15, -0.1) is 0 Å². The second-order valence-electron chi connectivity index (χ2n) is 6.08. The highest BCUT2D eigenvalue weighted by Gasteiger charge is 2.19. The Morgan fingerprint density at radius 3 is 2.38 bits per heavy atom. The zero-order valence-electron chi connectivity index (χ0n) is 14.8. The molecule has 0 fully saturated rings. The number of carbonyl (C=O) groups is 1. The van der Waals surface area contributed by atoms with Gasteiger partial charge in [-0.05, 0) is 32.9 Å². The van der Waals surface area contributed by atoms with E-state index in [1.807, 2.05) is 0 Å². The molecule has 0 amide bonds. The number of Topliss-reactive ketones (excluding diaryl/α,β-unsaturated/α-hetero) is 1. The van der Waals surface area contributed by atoms with Crippen molar-refractivity contribution in [2.45, 2.75) is 46.7 Å². The van der Waals surface area contributed by atoms with Gasteiger partial charge in [-0.2, -0.15) is 0 Å². The zero-order valence-corrected chi connectivity index (χ0v) is 14.8. The molecule has 0 aromatic carbocycles. The van der Waals surface area contributed by atoms with Crippen molar-refractivity contribution in [1.29, 1.82) is 0 Å². The highest BCUT2D eigenvalue weighted by atomic mass is 16.2. The van der Waals surface area contributed by atoms with Crippen molar-refractivity contribution < 1.29 is 4.79 Å². The molecule has 0 aliphatic heterocycles. The van der Waals surface area contributed by atoms with Gasteiger partial charge in [0, 0.05) is 7.05 Å². The zero-order chi connectivity index (χ0) is 17.9. The molecule has 132 valence electrons. The maximum atomic E-state index is 12.2. The van der Waals surface area contributed by atoms with E-state index in [1.54, 1.807) is 11.6 Å². The van der Waals surface area contributed by atoms with Crippen LogP contribution in [-0.2, 0) is 24.9 Å². The Kier molecular flexibility index (Phi) is 5.71. The summed E-state index contributed by atoms with van der Waals surface area (Å²) in [5.74, 6) is 0.565. The Morgan fingerprint density at radius 2 is 1.83 bits per heavy atom. The van der Waals surface area contributed by atoms with E-state index in [1.165, 1.54) is 11.5 Å². The molecule has 0 spiro atoms. The molecule has 8 nitrogen and oxygen atoms in total.